The van der Waals surface area contributed by atoms with E-state index in [9.17, 15) is 4.79 Å². The zero-order chi connectivity index (χ0) is 13.9. The molecule has 5 heteroatoms. The number of nitrogens with zero attached hydrogens (tertiary/aromatic N) is 2. The van der Waals surface area contributed by atoms with Gasteiger partial charge in [-0.1, -0.05) is 0 Å². The molecule has 1 aromatic heterocycles. The normalized spacial score (nSPS) is 18.1. The summed E-state index contributed by atoms with van der Waals surface area (Å²) in [6, 6.07) is 3.52. The molecule has 1 amide bonds. The minimum atomic E-state index is -0.105. The third-order valence-corrected chi connectivity index (χ3v) is 4.21. The quantitative estimate of drug-likeness (QED) is 0.799. The molecule has 3 rings (SSSR count). The summed E-state index contributed by atoms with van der Waals surface area (Å²) in [6.45, 7) is 3.59. The Bertz CT molecular complexity index is 453. The largest absolute Gasteiger partial charge is 0.369 e. The van der Waals surface area contributed by atoms with Crippen molar-refractivity contribution in [2.75, 3.05) is 18.4 Å². The second kappa shape index (κ2) is 5.77. The van der Waals surface area contributed by atoms with E-state index in [4.69, 9.17) is 0 Å². The maximum Gasteiger partial charge on any atom is 0.271 e. The lowest BCUT2D eigenvalue weighted by atomic mass is 9.98. The standard InChI is InChI=1S/C15H22N4O/c1-2-16-14-8-7-13(18-19-14)15(20)17-9-12(10-3-4-10)11-5-6-11/h7-8,10-12H,2-6,9H2,1H3,(H,16,19)(H,17,20). The van der Waals surface area contributed by atoms with Crippen LogP contribution < -0.4 is 10.6 Å². The maximum absolute atomic E-state index is 12.1. The highest BCUT2D eigenvalue weighted by Gasteiger charge is 2.41. The van der Waals surface area contributed by atoms with Gasteiger partial charge in [-0.3, -0.25) is 4.79 Å². The predicted molar refractivity (Wildman–Crippen MR) is 77.5 cm³/mol. The zero-order valence-electron chi connectivity index (χ0n) is 11.9. The number of rotatable bonds is 7. The van der Waals surface area contributed by atoms with Crippen molar-refractivity contribution in [3.63, 3.8) is 0 Å². The Kier molecular flexibility index (Phi) is 3.85. The number of aromatic nitrogens is 2. The highest BCUT2D eigenvalue weighted by Crippen LogP contribution is 2.48. The summed E-state index contributed by atoms with van der Waals surface area (Å²) < 4.78 is 0. The lowest BCUT2D eigenvalue weighted by Crippen LogP contribution is -2.31. The van der Waals surface area contributed by atoms with Crippen molar-refractivity contribution in [2.45, 2.75) is 32.6 Å². The molecule has 108 valence electrons. The molecule has 0 spiro atoms. The number of nitrogens with one attached hydrogen (secondary N) is 2. The molecular formula is C15H22N4O. The topological polar surface area (TPSA) is 66.9 Å². The van der Waals surface area contributed by atoms with Gasteiger partial charge in [0.25, 0.3) is 5.91 Å². The van der Waals surface area contributed by atoms with E-state index in [0.717, 1.165) is 24.9 Å². The van der Waals surface area contributed by atoms with Gasteiger partial charge in [-0.05, 0) is 62.5 Å². The van der Waals surface area contributed by atoms with Gasteiger partial charge in [0.05, 0.1) is 0 Å². The van der Waals surface area contributed by atoms with Crippen LogP contribution in [0.5, 0.6) is 0 Å². The van der Waals surface area contributed by atoms with E-state index in [2.05, 4.69) is 20.8 Å². The van der Waals surface area contributed by atoms with Gasteiger partial charge in [0.1, 0.15) is 5.82 Å². The number of amides is 1. The average Bonchev–Trinajstić information content (AvgIpc) is 3.34. The second-order valence-electron chi connectivity index (χ2n) is 5.88. The molecule has 0 radical (unpaired) electrons. The highest BCUT2D eigenvalue weighted by atomic mass is 16.1. The lowest BCUT2D eigenvalue weighted by molar-refractivity contribution is 0.0937. The molecule has 0 aromatic carbocycles. The number of hydrogen-bond donors (Lipinski definition) is 2. The molecule has 2 aliphatic carbocycles. The minimum absolute atomic E-state index is 0.105. The first kappa shape index (κ1) is 13.3. The average molecular weight is 274 g/mol. The molecule has 1 aromatic rings. The fourth-order valence-corrected chi connectivity index (χ4v) is 2.80. The van der Waals surface area contributed by atoms with Crippen molar-refractivity contribution < 1.29 is 4.79 Å². The Balaban J connectivity index is 1.52. The fraction of sp³-hybridized carbons (Fsp3) is 0.667. The highest BCUT2D eigenvalue weighted by molar-refractivity contribution is 5.92. The van der Waals surface area contributed by atoms with E-state index in [0.29, 0.717) is 17.4 Å². The van der Waals surface area contributed by atoms with Crippen molar-refractivity contribution in [1.82, 2.24) is 15.5 Å². The SMILES string of the molecule is CCNc1ccc(C(=O)NCC(C2CC2)C2CC2)nn1. The summed E-state index contributed by atoms with van der Waals surface area (Å²) in [7, 11) is 0. The molecule has 5 nitrogen and oxygen atoms in total. The monoisotopic (exact) mass is 274 g/mol. The van der Waals surface area contributed by atoms with E-state index < -0.39 is 0 Å². The Morgan fingerprint density at radius 2 is 1.95 bits per heavy atom. The Morgan fingerprint density at radius 3 is 2.45 bits per heavy atom. The molecule has 0 unspecified atom stereocenters. The molecule has 2 saturated carbocycles. The first-order valence-corrected chi connectivity index (χ1v) is 7.63. The first-order valence-electron chi connectivity index (χ1n) is 7.63. The molecule has 0 aliphatic heterocycles. The first-order chi connectivity index (χ1) is 9.78. The van der Waals surface area contributed by atoms with Gasteiger partial charge in [0, 0.05) is 13.1 Å². The van der Waals surface area contributed by atoms with Crippen LogP contribution in [0.15, 0.2) is 12.1 Å². The molecule has 2 aliphatic rings. The van der Waals surface area contributed by atoms with Crippen LogP contribution in [0, 0.1) is 17.8 Å². The predicted octanol–water partition coefficient (Wildman–Crippen LogP) is 2.07. The molecule has 2 fully saturated rings. The number of carbonyl (C=O) groups excluding carboxylic acids is 1. The fourth-order valence-electron chi connectivity index (χ4n) is 2.80. The van der Waals surface area contributed by atoms with E-state index in [1.165, 1.54) is 25.7 Å². The number of carbonyl (C=O) groups is 1. The van der Waals surface area contributed by atoms with Crippen LogP contribution in [0.2, 0.25) is 0 Å². The van der Waals surface area contributed by atoms with Gasteiger partial charge in [-0.15, -0.1) is 10.2 Å². The molecule has 0 atom stereocenters. The summed E-state index contributed by atoms with van der Waals surface area (Å²) >= 11 is 0. The Hall–Kier alpha value is -1.65. The van der Waals surface area contributed by atoms with Gasteiger partial charge in [0.2, 0.25) is 0 Å². The molecule has 2 N–H and O–H groups in total. The Labute approximate surface area is 119 Å². The van der Waals surface area contributed by atoms with Crippen molar-refractivity contribution in [3.8, 4) is 0 Å². The third kappa shape index (κ3) is 3.26. The number of anilines is 1. The van der Waals surface area contributed by atoms with Crippen LogP contribution in [0.25, 0.3) is 0 Å². The van der Waals surface area contributed by atoms with Gasteiger partial charge < -0.3 is 10.6 Å². The van der Waals surface area contributed by atoms with Crippen LogP contribution in [0.1, 0.15) is 43.1 Å². The van der Waals surface area contributed by atoms with E-state index in [1.807, 2.05) is 6.92 Å². The van der Waals surface area contributed by atoms with Crippen molar-refractivity contribution in [3.05, 3.63) is 17.8 Å². The van der Waals surface area contributed by atoms with Crippen LogP contribution in [0.3, 0.4) is 0 Å². The van der Waals surface area contributed by atoms with E-state index >= 15 is 0 Å². The summed E-state index contributed by atoms with van der Waals surface area (Å²) in [5.74, 6) is 2.99. The van der Waals surface area contributed by atoms with Crippen LogP contribution in [-0.4, -0.2) is 29.2 Å². The summed E-state index contributed by atoms with van der Waals surface area (Å²) in [6.07, 6.45) is 5.37. The molecular weight excluding hydrogens is 252 g/mol. The Morgan fingerprint density at radius 1 is 1.25 bits per heavy atom. The van der Waals surface area contributed by atoms with Crippen molar-refractivity contribution >= 4 is 11.7 Å². The summed E-state index contributed by atoms with van der Waals surface area (Å²) in [5, 5.41) is 14.1. The molecule has 1 heterocycles. The van der Waals surface area contributed by atoms with Crippen molar-refractivity contribution in [2.24, 2.45) is 17.8 Å². The summed E-state index contributed by atoms with van der Waals surface area (Å²) in [5.41, 5.74) is 0.400. The van der Waals surface area contributed by atoms with Crippen molar-refractivity contribution in [1.29, 1.82) is 0 Å². The number of hydrogen-bond acceptors (Lipinski definition) is 4. The molecule has 20 heavy (non-hydrogen) atoms. The van der Waals surface area contributed by atoms with Crippen LogP contribution >= 0.6 is 0 Å². The zero-order valence-corrected chi connectivity index (χ0v) is 11.9. The maximum atomic E-state index is 12.1. The lowest BCUT2D eigenvalue weighted by Gasteiger charge is -2.15. The van der Waals surface area contributed by atoms with Gasteiger partial charge in [-0.25, -0.2) is 0 Å². The van der Waals surface area contributed by atoms with E-state index in [-0.39, 0.29) is 5.91 Å². The molecule has 0 bridgehead atoms. The minimum Gasteiger partial charge on any atom is -0.369 e. The van der Waals surface area contributed by atoms with Crippen LogP contribution in [0.4, 0.5) is 5.82 Å². The van der Waals surface area contributed by atoms with Gasteiger partial charge in [-0.2, -0.15) is 0 Å². The van der Waals surface area contributed by atoms with Gasteiger partial charge >= 0.3 is 0 Å². The van der Waals surface area contributed by atoms with Gasteiger partial charge in [0.15, 0.2) is 5.69 Å². The van der Waals surface area contributed by atoms with E-state index in [1.54, 1.807) is 12.1 Å². The molecule has 0 saturated heterocycles. The second-order valence-corrected chi connectivity index (χ2v) is 5.88. The van der Waals surface area contributed by atoms with Crippen LogP contribution in [-0.2, 0) is 0 Å². The smallest absolute Gasteiger partial charge is 0.271 e. The summed E-state index contributed by atoms with van der Waals surface area (Å²) in [4.78, 5) is 12.1. The third-order valence-electron chi connectivity index (χ3n) is 4.21.